The number of carbonyl (C=O) groups excluding carboxylic acids is 4. The highest BCUT2D eigenvalue weighted by atomic mass is 35.5. The third-order valence-corrected chi connectivity index (χ3v) is 13.3. The van der Waals surface area contributed by atoms with Gasteiger partial charge in [0.15, 0.2) is 0 Å². The summed E-state index contributed by atoms with van der Waals surface area (Å²) in [7, 11) is 0. The summed E-state index contributed by atoms with van der Waals surface area (Å²) in [6.07, 6.45) is 5.96. The minimum absolute atomic E-state index is 0.0952. The SMILES string of the molecule is [C-]#[N+]c1ccc(N2CC3(CCN(c4ccc(N5CCC(OC6CN(c7ccc8c(c7)C(=O)N(C7CCC(=O)NC7=O)C8=O)C6)CC5)cc4)CC3)C[C@@H]2C)cc1Cl. The number of benzene rings is 3. The van der Waals surface area contributed by atoms with Crippen LogP contribution in [0, 0.1) is 12.0 Å². The molecule has 56 heavy (non-hydrogen) atoms. The molecule has 0 bridgehead atoms. The molecule has 12 nitrogen and oxygen atoms in total. The summed E-state index contributed by atoms with van der Waals surface area (Å²) in [5, 5.41) is 2.77. The van der Waals surface area contributed by atoms with Crippen molar-refractivity contribution in [3.05, 3.63) is 88.2 Å². The predicted molar refractivity (Wildman–Crippen MR) is 215 cm³/mol. The van der Waals surface area contributed by atoms with Gasteiger partial charge in [-0.05, 0) is 105 Å². The first-order valence-electron chi connectivity index (χ1n) is 19.9. The molecule has 6 aliphatic heterocycles. The minimum Gasteiger partial charge on any atom is -0.371 e. The zero-order chi connectivity index (χ0) is 38.7. The maximum atomic E-state index is 13.3. The zero-order valence-corrected chi connectivity index (χ0v) is 32.3. The first-order valence-corrected chi connectivity index (χ1v) is 20.3. The molecule has 6 heterocycles. The Kier molecular flexibility index (Phi) is 9.41. The van der Waals surface area contributed by atoms with Gasteiger partial charge in [0.1, 0.15) is 6.04 Å². The number of nitrogens with one attached hydrogen (secondary N) is 1. The molecule has 13 heteroatoms. The van der Waals surface area contributed by atoms with Crippen LogP contribution in [0.4, 0.5) is 28.4 Å². The quantitative estimate of drug-likeness (QED) is 0.227. The molecule has 2 atom stereocenters. The number of carbonyl (C=O) groups is 4. The maximum absolute atomic E-state index is 13.3. The molecule has 1 N–H and O–H groups in total. The van der Waals surface area contributed by atoms with E-state index in [9.17, 15) is 19.2 Å². The molecule has 0 radical (unpaired) electrons. The molecular weight excluding hydrogens is 730 g/mol. The van der Waals surface area contributed by atoms with Crippen LogP contribution >= 0.6 is 11.6 Å². The van der Waals surface area contributed by atoms with Crippen molar-refractivity contribution in [2.45, 2.75) is 76.2 Å². The number of hydrogen-bond donors (Lipinski definition) is 1. The van der Waals surface area contributed by atoms with Crippen molar-refractivity contribution in [1.29, 1.82) is 0 Å². The summed E-state index contributed by atoms with van der Waals surface area (Å²) < 4.78 is 6.51. The second kappa shape index (κ2) is 14.4. The van der Waals surface area contributed by atoms with Gasteiger partial charge >= 0.3 is 0 Å². The van der Waals surface area contributed by atoms with E-state index in [1.165, 1.54) is 17.8 Å². The summed E-state index contributed by atoms with van der Waals surface area (Å²) in [6, 6.07) is 19.6. The van der Waals surface area contributed by atoms with E-state index in [4.69, 9.17) is 22.9 Å². The fraction of sp³-hybridized carbons (Fsp3) is 0.465. The first-order chi connectivity index (χ1) is 27.1. The molecule has 0 saturated carbocycles. The van der Waals surface area contributed by atoms with Crippen LogP contribution in [0.15, 0.2) is 60.7 Å². The van der Waals surface area contributed by atoms with Gasteiger partial charge in [-0.1, -0.05) is 17.7 Å². The number of halogens is 1. The predicted octanol–water partition coefficient (Wildman–Crippen LogP) is 6.05. The maximum Gasteiger partial charge on any atom is 0.262 e. The number of fused-ring (bicyclic) bond motifs is 1. The molecule has 5 fully saturated rings. The lowest BCUT2D eigenvalue weighted by atomic mass is 9.76. The van der Waals surface area contributed by atoms with E-state index in [0.717, 1.165) is 74.7 Å². The van der Waals surface area contributed by atoms with E-state index < -0.39 is 23.8 Å². The van der Waals surface area contributed by atoms with Crippen molar-refractivity contribution < 1.29 is 23.9 Å². The lowest BCUT2D eigenvalue weighted by molar-refractivity contribution is -0.136. The van der Waals surface area contributed by atoms with Gasteiger partial charge in [-0.25, -0.2) is 4.85 Å². The van der Waals surface area contributed by atoms with E-state index >= 15 is 0 Å². The van der Waals surface area contributed by atoms with Crippen LogP contribution in [0.25, 0.3) is 4.85 Å². The molecular formula is C43H46ClN7O5. The number of piperidine rings is 3. The van der Waals surface area contributed by atoms with Crippen LogP contribution < -0.4 is 24.9 Å². The summed E-state index contributed by atoms with van der Waals surface area (Å²) in [4.78, 5) is 64.5. The van der Waals surface area contributed by atoms with Gasteiger partial charge in [0.25, 0.3) is 11.8 Å². The van der Waals surface area contributed by atoms with E-state index in [2.05, 4.69) is 61.0 Å². The fourth-order valence-electron chi connectivity index (χ4n) is 9.82. The molecule has 4 amide bonds. The number of ether oxygens (including phenoxy) is 1. The number of hydrogen-bond acceptors (Lipinski definition) is 9. The Bertz CT molecular complexity index is 2110. The number of anilines is 4. The van der Waals surface area contributed by atoms with Crippen molar-refractivity contribution >= 4 is 63.7 Å². The smallest absolute Gasteiger partial charge is 0.262 e. The van der Waals surface area contributed by atoms with Gasteiger partial charge in [-0.15, -0.1) is 0 Å². The van der Waals surface area contributed by atoms with Gasteiger partial charge in [-0.3, -0.25) is 29.4 Å². The molecule has 3 aromatic rings. The Balaban J connectivity index is 0.725. The van der Waals surface area contributed by atoms with Crippen molar-refractivity contribution in [3.8, 4) is 0 Å². The first kappa shape index (κ1) is 36.5. The molecule has 0 aliphatic carbocycles. The zero-order valence-electron chi connectivity index (χ0n) is 31.6. The highest BCUT2D eigenvalue weighted by molar-refractivity contribution is 6.33. The number of nitrogens with zero attached hydrogens (tertiary/aromatic N) is 6. The number of imide groups is 2. The van der Waals surface area contributed by atoms with Crippen LogP contribution in [0.5, 0.6) is 0 Å². The van der Waals surface area contributed by atoms with E-state index in [1.54, 1.807) is 12.1 Å². The highest BCUT2D eigenvalue weighted by Gasteiger charge is 2.46. The molecule has 9 rings (SSSR count). The molecule has 1 spiro atoms. The van der Waals surface area contributed by atoms with Crippen molar-refractivity contribution in [2.24, 2.45) is 5.41 Å². The van der Waals surface area contributed by atoms with E-state index in [-0.39, 0.29) is 36.5 Å². The standard InChI is InChI=1S/C43H46ClN7O5/c1-27-23-43(26-50(27)31-8-10-37(45-2)36(44)22-31)15-19-48(20-16-43)29-5-3-28(4-6-29)47-17-13-32(14-18-47)56-33-24-49(25-33)30-7-9-34-35(21-30)42(55)51(41(34)54)38-11-12-39(52)46-40(38)53/h3-10,21-22,27,32-33,38H,11-20,23-26H2,1H3,(H,46,52,53)/t27-,38?/m0/s1. The topological polar surface area (TPSA) is 110 Å². The molecule has 290 valence electrons. The Hall–Kier alpha value is -5.12. The Labute approximate surface area is 332 Å². The molecule has 0 aromatic heterocycles. The van der Waals surface area contributed by atoms with E-state index in [1.807, 2.05) is 24.3 Å². The Morgan fingerprint density at radius 2 is 1.41 bits per heavy atom. The van der Waals surface area contributed by atoms with Gasteiger partial charge in [0.05, 0.1) is 29.9 Å². The summed E-state index contributed by atoms with van der Waals surface area (Å²) in [5.74, 6) is -1.98. The summed E-state index contributed by atoms with van der Waals surface area (Å²) >= 11 is 6.39. The van der Waals surface area contributed by atoms with Crippen molar-refractivity contribution in [3.63, 3.8) is 0 Å². The summed E-state index contributed by atoms with van der Waals surface area (Å²) in [6.45, 7) is 16.0. The third-order valence-electron chi connectivity index (χ3n) is 13.0. The molecule has 5 saturated heterocycles. The average molecular weight is 776 g/mol. The van der Waals surface area contributed by atoms with Crippen LogP contribution in [0.1, 0.15) is 72.6 Å². The summed E-state index contributed by atoms with van der Waals surface area (Å²) in [5.41, 5.74) is 5.90. The lowest BCUT2D eigenvalue weighted by Gasteiger charge is -2.44. The lowest BCUT2D eigenvalue weighted by Crippen LogP contribution is -2.54. The normalized spacial score (nSPS) is 24.1. The fourth-order valence-corrected chi connectivity index (χ4v) is 10.0. The van der Waals surface area contributed by atoms with Crippen molar-refractivity contribution in [2.75, 3.05) is 65.4 Å². The number of amides is 4. The second-order valence-electron chi connectivity index (χ2n) is 16.5. The van der Waals surface area contributed by atoms with Gasteiger partial charge in [0, 0.05) is 86.0 Å². The molecule has 1 unspecified atom stereocenters. The number of rotatable bonds is 7. The third kappa shape index (κ3) is 6.64. The Morgan fingerprint density at radius 1 is 0.768 bits per heavy atom. The van der Waals surface area contributed by atoms with Crippen LogP contribution in [-0.4, -0.2) is 98.6 Å². The monoisotopic (exact) mass is 775 g/mol. The van der Waals surface area contributed by atoms with Crippen LogP contribution in [-0.2, 0) is 14.3 Å². The second-order valence-corrected chi connectivity index (χ2v) is 16.9. The minimum atomic E-state index is -0.969. The molecule has 6 aliphatic rings. The van der Waals surface area contributed by atoms with Crippen LogP contribution in [0.2, 0.25) is 5.02 Å². The average Bonchev–Trinajstić information content (AvgIpc) is 3.64. The van der Waals surface area contributed by atoms with Crippen molar-refractivity contribution in [1.82, 2.24) is 10.2 Å². The Morgan fingerprint density at radius 3 is 2.07 bits per heavy atom. The van der Waals surface area contributed by atoms with Gasteiger partial charge in [-0.2, -0.15) is 0 Å². The van der Waals surface area contributed by atoms with Crippen LogP contribution in [0.3, 0.4) is 0 Å². The largest absolute Gasteiger partial charge is 0.371 e. The van der Waals surface area contributed by atoms with Gasteiger partial charge < -0.3 is 24.3 Å². The van der Waals surface area contributed by atoms with E-state index in [0.29, 0.717) is 40.8 Å². The highest BCUT2D eigenvalue weighted by Crippen LogP contribution is 2.46. The molecule has 3 aromatic carbocycles. The van der Waals surface area contributed by atoms with Gasteiger partial charge in [0.2, 0.25) is 17.5 Å².